The Balaban J connectivity index is 2.66. The van der Waals surface area contributed by atoms with Crippen LogP contribution in [0.1, 0.15) is 5.56 Å². The van der Waals surface area contributed by atoms with Gasteiger partial charge in [-0.1, -0.05) is 36.4 Å². The average Bonchev–Trinajstić information content (AvgIpc) is 2.36. The van der Waals surface area contributed by atoms with E-state index in [9.17, 15) is 14.7 Å². The number of hydrogen-bond donors (Lipinski definition) is 3. The molecule has 0 fully saturated rings. The SMILES string of the molecule is NC(=O)C(O)(C(N)=O)c1ccc2ccccc2c1. The van der Waals surface area contributed by atoms with E-state index in [0.717, 1.165) is 10.8 Å². The summed E-state index contributed by atoms with van der Waals surface area (Å²) in [5.74, 6) is -2.38. The van der Waals surface area contributed by atoms with Gasteiger partial charge < -0.3 is 16.6 Å². The molecule has 0 radical (unpaired) electrons. The fourth-order valence-corrected chi connectivity index (χ4v) is 1.82. The second-order valence-electron chi connectivity index (χ2n) is 4.00. The van der Waals surface area contributed by atoms with E-state index >= 15 is 0 Å². The number of benzene rings is 2. The van der Waals surface area contributed by atoms with Gasteiger partial charge in [-0.15, -0.1) is 0 Å². The van der Waals surface area contributed by atoms with Gasteiger partial charge in [-0.3, -0.25) is 9.59 Å². The quantitative estimate of drug-likeness (QED) is 0.661. The zero-order chi connectivity index (χ0) is 13.3. The molecule has 0 unspecified atom stereocenters. The van der Waals surface area contributed by atoms with E-state index in [-0.39, 0.29) is 5.56 Å². The first-order valence-corrected chi connectivity index (χ1v) is 5.27. The lowest BCUT2D eigenvalue weighted by Crippen LogP contribution is -2.51. The molecule has 0 spiro atoms. The zero-order valence-electron chi connectivity index (χ0n) is 9.46. The molecule has 0 atom stereocenters. The minimum absolute atomic E-state index is 0.0706. The number of nitrogens with two attached hydrogens (primary N) is 2. The number of carbonyl (C=O) groups excluding carboxylic acids is 2. The van der Waals surface area contributed by atoms with E-state index in [1.807, 2.05) is 12.1 Å². The van der Waals surface area contributed by atoms with Crippen molar-refractivity contribution in [2.45, 2.75) is 5.60 Å². The standard InChI is InChI=1S/C13H12N2O3/c14-11(16)13(18,12(15)17)10-6-5-8-3-1-2-4-9(8)7-10/h1-7,18H,(H2,14,16)(H2,15,17). The Morgan fingerprint density at radius 3 is 2.06 bits per heavy atom. The van der Waals surface area contributed by atoms with Crippen LogP contribution in [0.2, 0.25) is 0 Å². The molecule has 0 saturated heterocycles. The Morgan fingerprint density at radius 1 is 0.944 bits per heavy atom. The van der Waals surface area contributed by atoms with E-state index in [1.165, 1.54) is 12.1 Å². The second-order valence-corrected chi connectivity index (χ2v) is 4.00. The van der Waals surface area contributed by atoms with E-state index < -0.39 is 17.4 Å². The van der Waals surface area contributed by atoms with E-state index in [2.05, 4.69) is 0 Å². The van der Waals surface area contributed by atoms with Crippen molar-refractivity contribution in [3.8, 4) is 0 Å². The van der Waals surface area contributed by atoms with E-state index in [4.69, 9.17) is 11.5 Å². The highest BCUT2D eigenvalue weighted by Gasteiger charge is 2.42. The number of rotatable bonds is 3. The van der Waals surface area contributed by atoms with Crippen LogP contribution in [0.5, 0.6) is 0 Å². The molecule has 5 N–H and O–H groups in total. The highest BCUT2D eigenvalue weighted by atomic mass is 16.3. The van der Waals surface area contributed by atoms with Crippen LogP contribution < -0.4 is 11.5 Å². The van der Waals surface area contributed by atoms with Crippen LogP contribution in [0, 0.1) is 0 Å². The van der Waals surface area contributed by atoms with Crippen LogP contribution in [-0.2, 0) is 15.2 Å². The van der Waals surface area contributed by atoms with Gasteiger partial charge >= 0.3 is 0 Å². The van der Waals surface area contributed by atoms with Crippen LogP contribution in [0.3, 0.4) is 0 Å². The first-order valence-electron chi connectivity index (χ1n) is 5.27. The molecule has 0 aliphatic carbocycles. The van der Waals surface area contributed by atoms with E-state index in [1.54, 1.807) is 18.2 Å². The van der Waals surface area contributed by atoms with Crippen molar-refractivity contribution in [1.82, 2.24) is 0 Å². The van der Waals surface area contributed by atoms with Crippen LogP contribution in [-0.4, -0.2) is 16.9 Å². The normalized spacial score (nSPS) is 11.4. The second kappa shape index (κ2) is 4.12. The monoisotopic (exact) mass is 244 g/mol. The van der Waals surface area contributed by atoms with Gasteiger partial charge in [-0.25, -0.2) is 0 Å². The van der Waals surface area contributed by atoms with E-state index in [0.29, 0.717) is 0 Å². The van der Waals surface area contributed by atoms with Gasteiger partial charge in [0.1, 0.15) is 0 Å². The van der Waals surface area contributed by atoms with Gasteiger partial charge in [-0.05, 0) is 16.8 Å². The first kappa shape index (κ1) is 12.1. The molecule has 0 aromatic heterocycles. The molecule has 0 aliphatic rings. The Bertz CT molecular complexity index is 623. The van der Waals surface area contributed by atoms with Gasteiger partial charge in [0.15, 0.2) is 0 Å². The molecule has 0 bridgehead atoms. The molecule has 92 valence electrons. The average molecular weight is 244 g/mol. The fourth-order valence-electron chi connectivity index (χ4n) is 1.82. The topological polar surface area (TPSA) is 106 Å². The third kappa shape index (κ3) is 1.70. The highest BCUT2D eigenvalue weighted by molar-refractivity contribution is 6.08. The third-order valence-electron chi connectivity index (χ3n) is 2.88. The lowest BCUT2D eigenvalue weighted by atomic mass is 9.90. The summed E-state index contributed by atoms with van der Waals surface area (Å²) in [4.78, 5) is 22.5. The number of amides is 2. The van der Waals surface area contributed by atoms with Crippen LogP contribution in [0.15, 0.2) is 42.5 Å². The molecule has 5 heteroatoms. The molecule has 0 aliphatic heterocycles. The number of hydrogen-bond acceptors (Lipinski definition) is 3. The van der Waals surface area contributed by atoms with Crippen molar-refractivity contribution >= 4 is 22.6 Å². The van der Waals surface area contributed by atoms with Crippen LogP contribution in [0.25, 0.3) is 10.8 Å². The maximum absolute atomic E-state index is 11.3. The summed E-state index contributed by atoms with van der Waals surface area (Å²) in [6.45, 7) is 0. The minimum atomic E-state index is -2.48. The molecule has 18 heavy (non-hydrogen) atoms. The maximum atomic E-state index is 11.3. The Hall–Kier alpha value is -2.40. The van der Waals surface area contributed by atoms with Gasteiger partial charge in [0.25, 0.3) is 11.8 Å². The lowest BCUT2D eigenvalue weighted by Gasteiger charge is -2.21. The molecule has 0 heterocycles. The molecule has 2 aromatic rings. The molecular weight excluding hydrogens is 232 g/mol. The maximum Gasteiger partial charge on any atom is 0.264 e. The Kier molecular flexibility index (Phi) is 2.76. The van der Waals surface area contributed by atoms with Crippen molar-refractivity contribution in [1.29, 1.82) is 0 Å². The summed E-state index contributed by atoms with van der Waals surface area (Å²) in [6.07, 6.45) is 0. The summed E-state index contributed by atoms with van der Waals surface area (Å²) in [5.41, 5.74) is 7.70. The van der Waals surface area contributed by atoms with Gasteiger partial charge in [0, 0.05) is 5.56 Å². The number of fused-ring (bicyclic) bond motifs is 1. The molecule has 2 amide bonds. The van der Waals surface area contributed by atoms with Crippen molar-refractivity contribution in [2.24, 2.45) is 11.5 Å². The molecule has 2 rings (SSSR count). The minimum Gasteiger partial charge on any atom is -0.368 e. The predicted octanol–water partition coefficient (Wildman–Crippen LogP) is -0.00200. The predicted molar refractivity (Wildman–Crippen MR) is 66.2 cm³/mol. The highest BCUT2D eigenvalue weighted by Crippen LogP contribution is 2.25. The van der Waals surface area contributed by atoms with Crippen LogP contribution in [0.4, 0.5) is 0 Å². The van der Waals surface area contributed by atoms with Crippen LogP contribution >= 0.6 is 0 Å². The summed E-state index contributed by atoms with van der Waals surface area (Å²) in [7, 11) is 0. The number of primary amides is 2. The van der Waals surface area contributed by atoms with Gasteiger partial charge in [-0.2, -0.15) is 0 Å². The zero-order valence-corrected chi connectivity index (χ0v) is 9.46. The molecular formula is C13H12N2O3. The molecule has 2 aromatic carbocycles. The van der Waals surface area contributed by atoms with Crippen molar-refractivity contribution < 1.29 is 14.7 Å². The lowest BCUT2D eigenvalue weighted by molar-refractivity contribution is -0.150. The van der Waals surface area contributed by atoms with Crippen molar-refractivity contribution in [3.05, 3.63) is 48.0 Å². The summed E-state index contributed by atoms with van der Waals surface area (Å²) >= 11 is 0. The summed E-state index contributed by atoms with van der Waals surface area (Å²) in [5, 5.41) is 11.7. The summed E-state index contributed by atoms with van der Waals surface area (Å²) < 4.78 is 0. The fraction of sp³-hybridized carbons (Fsp3) is 0.0769. The Morgan fingerprint density at radius 2 is 1.50 bits per heavy atom. The third-order valence-corrected chi connectivity index (χ3v) is 2.88. The number of carbonyl (C=O) groups is 2. The molecule has 0 saturated carbocycles. The molecule has 5 nitrogen and oxygen atoms in total. The van der Waals surface area contributed by atoms with Crippen molar-refractivity contribution in [3.63, 3.8) is 0 Å². The van der Waals surface area contributed by atoms with Gasteiger partial charge in [0.2, 0.25) is 5.60 Å². The van der Waals surface area contributed by atoms with Gasteiger partial charge in [0.05, 0.1) is 0 Å². The number of aliphatic hydroxyl groups is 1. The smallest absolute Gasteiger partial charge is 0.264 e. The Labute approximate surface area is 103 Å². The largest absolute Gasteiger partial charge is 0.368 e. The first-order chi connectivity index (χ1) is 8.46. The summed E-state index contributed by atoms with van der Waals surface area (Å²) in [6, 6.07) is 12.0. The van der Waals surface area contributed by atoms with Crippen molar-refractivity contribution in [2.75, 3.05) is 0 Å².